The van der Waals surface area contributed by atoms with Gasteiger partial charge in [0, 0.05) is 24.5 Å². The van der Waals surface area contributed by atoms with Crippen molar-refractivity contribution in [2.24, 2.45) is 5.92 Å². The highest BCUT2D eigenvalue weighted by molar-refractivity contribution is 4.94. The lowest BCUT2D eigenvalue weighted by atomic mass is 9.81. The van der Waals surface area contributed by atoms with Crippen LogP contribution in [0.3, 0.4) is 0 Å². The molecule has 0 spiro atoms. The molecule has 0 amide bonds. The van der Waals surface area contributed by atoms with Crippen molar-refractivity contribution in [3.05, 3.63) is 0 Å². The number of hydrogen-bond donors (Lipinski definition) is 0. The van der Waals surface area contributed by atoms with Crippen molar-refractivity contribution in [2.75, 3.05) is 6.54 Å². The van der Waals surface area contributed by atoms with Gasteiger partial charge in [-0.25, -0.2) is 0 Å². The summed E-state index contributed by atoms with van der Waals surface area (Å²) in [6.07, 6.45) is 11.7. The Morgan fingerprint density at radius 1 is 1.11 bits per heavy atom. The lowest BCUT2D eigenvalue weighted by molar-refractivity contribution is 0.00230. The van der Waals surface area contributed by atoms with Crippen molar-refractivity contribution in [1.29, 1.82) is 5.26 Å². The van der Waals surface area contributed by atoms with E-state index in [1.165, 1.54) is 51.4 Å². The smallest absolute Gasteiger partial charge is 0.0625 e. The summed E-state index contributed by atoms with van der Waals surface area (Å²) in [5.41, 5.74) is 0.348. The van der Waals surface area contributed by atoms with Gasteiger partial charge < -0.3 is 0 Å². The molecule has 18 heavy (non-hydrogen) atoms. The van der Waals surface area contributed by atoms with Crippen molar-refractivity contribution in [3.63, 3.8) is 0 Å². The van der Waals surface area contributed by atoms with Gasteiger partial charge >= 0.3 is 0 Å². The van der Waals surface area contributed by atoms with E-state index in [0.717, 1.165) is 19.0 Å². The van der Waals surface area contributed by atoms with Gasteiger partial charge in [-0.05, 0) is 45.4 Å². The Labute approximate surface area is 112 Å². The summed E-state index contributed by atoms with van der Waals surface area (Å²) in [6.45, 7) is 5.96. The molecule has 0 bridgehead atoms. The van der Waals surface area contributed by atoms with Crippen molar-refractivity contribution in [2.45, 2.75) is 83.2 Å². The molecule has 1 unspecified atom stereocenters. The normalized spacial score (nSPS) is 30.6. The molecule has 2 heteroatoms. The third-order valence-electron chi connectivity index (χ3n) is 5.04. The lowest BCUT2D eigenvalue weighted by Gasteiger charge is -2.49. The monoisotopic (exact) mass is 248 g/mol. The zero-order chi connectivity index (χ0) is 13.0. The summed E-state index contributed by atoms with van der Waals surface area (Å²) < 4.78 is 0. The maximum Gasteiger partial charge on any atom is 0.0625 e. The van der Waals surface area contributed by atoms with Crippen LogP contribution in [0.25, 0.3) is 0 Å². The van der Waals surface area contributed by atoms with Gasteiger partial charge in [-0.3, -0.25) is 4.90 Å². The second-order valence-electron chi connectivity index (χ2n) is 6.88. The zero-order valence-corrected chi connectivity index (χ0v) is 12.1. The van der Waals surface area contributed by atoms with Gasteiger partial charge in [0.1, 0.15) is 0 Å². The third kappa shape index (κ3) is 3.26. The van der Waals surface area contributed by atoms with Gasteiger partial charge in [0.2, 0.25) is 0 Å². The summed E-state index contributed by atoms with van der Waals surface area (Å²) >= 11 is 0. The van der Waals surface area contributed by atoms with Crippen LogP contribution in [0.5, 0.6) is 0 Å². The van der Waals surface area contributed by atoms with E-state index >= 15 is 0 Å². The van der Waals surface area contributed by atoms with E-state index in [1.807, 2.05) is 0 Å². The van der Waals surface area contributed by atoms with E-state index in [1.54, 1.807) is 0 Å². The molecule has 1 saturated heterocycles. The molecule has 102 valence electrons. The van der Waals surface area contributed by atoms with Crippen molar-refractivity contribution < 1.29 is 0 Å². The van der Waals surface area contributed by atoms with E-state index in [4.69, 9.17) is 5.26 Å². The van der Waals surface area contributed by atoms with Crippen LogP contribution in [0.15, 0.2) is 0 Å². The molecule has 2 aliphatic rings. The molecular weight excluding hydrogens is 220 g/mol. The number of hydrogen-bond acceptors (Lipinski definition) is 2. The Kier molecular flexibility index (Phi) is 4.67. The molecule has 2 fully saturated rings. The second kappa shape index (κ2) is 6.06. The average Bonchev–Trinajstić information content (AvgIpc) is 2.60. The minimum Gasteiger partial charge on any atom is -0.295 e. The Morgan fingerprint density at radius 2 is 1.78 bits per heavy atom. The molecule has 0 aromatic heterocycles. The highest BCUT2D eigenvalue weighted by Crippen LogP contribution is 2.36. The van der Waals surface area contributed by atoms with Crippen LogP contribution in [0.2, 0.25) is 0 Å². The Morgan fingerprint density at radius 3 is 2.39 bits per heavy atom. The highest BCUT2D eigenvalue weighted by Gasteiger charge is 2.37. The maximum absolute atomic E-state index is 8.92. The topological polar surface area (TPSA) is 27.0 Å². The van der Waals surface area contributed by atoms with Crippen molar-refractivity contribution in [3.8, 4) is 6.07 Å². The molecule has 1 saturated carbocycles. The Balaban J connectivity index is 2.03. The molecule has 2 nitrogen and oxygen atoms in total. The molecule has 1 heterocycles. The van der Waals surface area contributed by atoms with Gasteiger partial charge in [-0.1, -0.05) is 25.7 Å². The number of nitriles is 1. The summed E-state index contributed by atoms with van der Waals surface area (Å²) in [5, 5.41) is 8.92. The maximum atomic E-state index is 8.92. The first-order valence-corrected chi connectivity index (χ1v) is 7.77. The van der Waals surface area contributed by atoms with Crippen LogP contribution in [-0.2, 0) is 0 Å². The van der Waals surface area contributed by atoms with E-state index in [9.17, 15) is 0 Å². The molecule has 1 atom stereocenters. The standard InChI is InChI=1S/C16H28N2/c1-16(2)11-9-14(10-12-17)13-18(16)15-7-5-3-4-6-8-15/h14-15H,3-11,13H2,1-2H3. The largest absolute Gasteiger partial charge is 0.295 e. The third-order valence-corrected chi connectivity index (χ3v) is 5.04. The fourth-order valence-corrected chi connectivity index (χ4v) is 3.83. The molecule has 1 aliphatic carbocycles. The molecule has 0 aromatic rings. The fraction of sp³-hybridized carbons (Fsp3) is 0.938. The molecule has 1 aliphatic heterocycles. The molecular formula is C16H28N2. The number of piperidine rings is 1. The first-order valence-electron chi connectivity index (χ1n) is 7.77. The van der Waals surface area contributed by atoms with E-state index in [-0.39, 0.29) is 0 Å². The van der Waals surface area contributed by atoms with E-state index in [2.05, 4.69) is 24.8 Å². The fourth-order valence-electron chi connectivity index (χ4n) is 3.83. The second-order valence-corrected chi connectivity index (χ2v) is 6.88. The summed E-state index contributed by atoms with van der Waals surface area (Å²) in [4.78, 5) is 2.75. The van der Waals surface area contributed by atoms with Crippen molar-refractivity contribution in [1.82, 2.24) is 4.90 Å². The van der Waals surface area contributed by atoms with Gasteiger partial charge in [-0.2, -0.15) is 5.26 Å². The van der Waals surface area contributed by atoms with Crippen LogP contribution in [-0.4, -0.2) is 23.0 Å². The quantitative estimate of drug-likeness (QED) is 0.688. The van der Waals surface area contributed by atoms with E-state index in [0.29, 0.717) is 11.5 Å². The van der Waals surface area contributed by atoms with Gasteiger partial charge in [0.25, 0.3) is 0 Å². The molecule has 0 radical (unpaired) electrons. The van der Waals surface area contributed by atoms with Crippen LogP contribution < -0.4 is 0 Å². The zero-order valence-electron chi connectivity index (χ0n) is 12.1. The summed E-state index contributed by atoms with van der Waals surface area (Å²) in [5.74, 6) is 0.617. The number of likely N-dealkylation sites (tertiary alicyclic amines) is 1. The molecule has 2 rings (SSSR count). The Bertz CT molecular complexity index is 295. The first-order chi connectivity index (χ1) is 8.63. The van der Waals surface area contributed by atoms with Crippen LogP contribution in [0.4, 0.5) is 0 Å². The van der Waals surface area contributed by atoms with Gasteiger partial charge in [0.15, 0.2) is 0 Å². The van der Waals surface area contributed by atoms with Crippen LogP contribution >= 0.6 is 0 Å². The lowest BCUT2D eigenvalue weighted by Crippen LogP contribution is -2.54. The number of nitrogens with zero attached hydrogens (tertiary/aromatic N) is 2. The molecule has 0 aromatic carbocycles. The minimum absolute atomic E-state index is 0.348. The SMILES string of the molecule is CC1(C)CCC(CC#N)CN1C1CCCCCC1. The minimum atomic E-state index is 0.348. The summed E-state index contributed by atoms with van der Waals surface area (Å²) in [7, 11) is 0. The summed E-state index contributed by atoms with van der Waals surface area (Å²) in [6, 6.07) is 3.16. The number of rotatable bonds is 2. The average molecular weight is 248 g/mol. The van der Waals surface area contributed by atoms with Crippen LogP contribution in [0.1, 0.15) is 71.6 Å². The van der Waals surface area contributed by atoms with Crippen molar-refractivity contribution >= 4 is 0 Å². The Hall–Kier alpha value is -0.550. The predicted octanol–water partition coefficient (Wildman–Crippen LogP) is 4.11. The van der Waals surface area contributed by atoms with Gasteiger partial charge in [0.05, 0.1) is 6.07 Å². The van der Waals surface area contributed by atoms with Gasteiger partial charge in [-0.15, -0.1) is 0 Å². The van der Waals surface area contributed by atoms with E-state index < -0.39 is 0 Å². The predicted molar refractivity (Wildman–Crippen MR) is 75.2 cm³/mol. The molecule has 0 N–H and O–H groups in total. The van der Waals surface area contributed by atoms with Crippen LogP contribution in [0, 0.1) is 17.2 Å². The highest BCUT2D eigenvalue weighted by atomic mass is 15.2. The first kappa shape index (κ1) is 13.9.